The summed E-state index contributed by atoms with van der Waals surface area (Å²) in [6, 6.07) is 1.83. The molecule has 1 aromatic rings. The van der Waals surface area contributed by atoms with Gasteiger partial charge in [0.2, 0.25) is 0 Å². The highest BCUT2D eigenvalue weighted by molar-refractivity contribution is 5.71. The van der Waals surface area contributed by atoms with Crippen LogP contribution in [0.3, 0.4) is 0 Å². The molecule has 0 aromatic carbocycles. The number of esters is 1. The first-order chi connectivity index (χ1) is 7.56. The third-order valence-corrected chi connectivity index (χ3v) is 2.62. The molecule has 0 fully saturated rings. The van der Waals surface area contributed by atoms with Gasteiger partial charge in [-0.1, -0.05) is 6.92 Å². The Labute approximate surface area is 95.3 Å². The number of aliphatic hydroxyl groups excluding tert-OH is 1. The Balaban J connectivity index is 2.69. The summed E-state index contributed by atoms with van der Waals surface area (Å²) in [5, 5.41) is 9.97. The highest BCUT2D eigenvalue weighted by atomic mass is 16.5. The fourth-order valence-electron chi connectivity index (χ4n) is 1.58. The minimum absolute atomic E-state index is 0.305. The van der Waals surface area contributed by atoms with Gasteiger partial charge >= 0.3 is 5.97 Å². The predicted molar refractivity (Wildman–Crippen MR) is 59.7 cm³/mol. The number of carbonyl (C=O) groups excluding carboxylic acids is 1. The molecule has 1 N–H and O–H groups in total. The molecule has 2 unspecified atom stereocenters. The lowest BCUT2D eigenvalue weighted by Crippen LogP contribution is -2.16. The number of rotatable bonds is 4. The van der Waals surface area contributed by atoms with Gasteiger partial charge in [0.15, 0.2) is 0 Å². The van der Waals surface area contributed by atoms with E-state index in [-0.39, 0.29) is 11.9 Å². The number of carbonyl (C=O) groups is 1. The Morgan fingerprint density at radius 2 is 2.31 bits per heavy atom. The summed E-state index contributed by atoms with van der Waals surface area (Å²) in [6.07, 6.45) is 2.97. The molecule has 88 valence electrons. The topological polar surface area (TPSA) is 59.4 Å². The van der Waals surface area contributed by atoms with Crippen LogP contribution in [0.2, 0.25) is 0 Å². The van der Waals surface area contributed by atoms with E-state index in [4.69, 9.17) is 0 Å². The van der Waals surface area contributed by atoms with Gasteiger partial charge < -0.3 is 9.84 Å². The van der Waals surface area contributed by atoms with E-state index in [0.29, 0.717) is 6.42 Å². The Bertz CT molecular complexity index is 365. The third kappa shape index (κ3) is 3.03. The van der Waals surface area contributed by atoms with Crippen molar-refractivity contribution in [3.63, 3.8) is 0 Å². The maximum absolute atomic E-state index is 11.2. The number of aromatic nitrogens is 1. The highest BCUT2D eigenvalue weighted by Crippen LogP contribution is 2.23. The molecule has 0 spiro atoms. The van der Waals surface area contributed by atoms with Crippen molar-refractivity contribution in [2.24, 2.45) is 5.92 Å². The maximum Gasteiger partial charge on any atom is 0.308 e. The van der Waals surface area contributed by atoms with Gasteiger partial charge in [-0.25, -0.2) is 0 Å². The van der Waals surface area contributed by atoms with Crippen molar-refractivity contribution in [3.05, 3.63) is 29.6 Å². The fourth-order valence-corrected chi connectivity index (χ4v) is 1.58. The zero-order chi connectivity index (χ0) is 12.1. The van der Waals surface area contributed by atoms with Crippen LogP contribution in [-0.4, -0.2) is 23.2 Å². The summed E-state index contributed by atoms with van der Waals surface area (Å²) in [5.74, 6) is -0.625. The van der Waals surface area contributed by atoms with Crippen LogP contribution in [0.15, 0.2) is 18.5 Å². The monoisotopic (exact) mass is 223 g/mol. The molecule has 2 atom stereocenters. The van der Waals surface area contributed by atoms with Gasteiger partial charge in [0.1, 0.15) is 0 Å². The summed E-state index contributed by atoms with van der Waals surface area (Å²) in [4.78, 5) is 15.2. The lowest BCUT2D eigenvalue weighted by Gasteiger charge is -2.16. The Hall–Kier alpha value is -1.42. The van der Waals surface area contributed by atoms with E-state index in [2.05, 4.69) is 9.72 Å². The number of aryl methyl sites for hydroxylation is 1. The summed E-state index contributed by atoms with van der Waals surface area (Å²) in [5.41, 5.74) is 1.73. The van der Waals surface area contributed by atoms with E-state index in [1.165, 1.54) is 7.11 Å². The highest BCUT2D eigenvalue weighted by Gasteiger charge is 2.20. The number of aliphatic hydroxyl groups is 1. The first-order valence-electron chi connectivity index (χ1n) is 5.22. The molecule has 1 heterocycles. The zero-order valence-electron chi connectivity index (χ0n) is 9.80. The molecule has 16 heavy (non-hydrogen) atoms. The second kappa shape index (κ2) is 5.61. The minimum atomic E-state index is -0.678. The van der Waals surface area contributed by atoms with Crippen LogP contribution >= 0.6 is 0 Å². The molecular formula is C12H17NO3. The SMILES string of the molecule is COC(=O)C(C)CC(O)c1cnccc1C. The molecule has 1 rings (SSSR count). The van der Waals surface area contributed by atoms with Crippen molar-refractivity contribution in [2.45, 2.75) is 26.4 Å². The summed E-state index contributed by atoms with van der Waals surface area (Å²) >= 11 is 0. The first-order valence-corrected chi connectivity index (χ1v) is 5.22. The number of hydrogen-bond donors (Lipinski definition) is 1. The molecule has 0 aliphatic heterocycles. The van der Waals surface area contributed by atoms with Crippen LogP contribution in [0, 0.1) is 12.8 Å². The van der Waals surface area contributed by atoms with E-state index < -0.39 is 6.10 Å². The summed E-state index contributed by atoms with van der Waals surface area (Å²) in [6.45, 7) is 3.64. The lowest BCUT2D eigenvalue weighted by atomic mass is 9.97. The third-order valence-electron chi connectivity index (χ3n) is 2.62. The Kier molecular flexibility index (Phi) is 4.43. The average molecular weight is 223 g/mol. The quantitative estimate of drug-likeness (QED) is 0.788. The minimum Gasteiger partial charge on any atom is -0.469 e. The zero-order valence-corrected chi connectivity index (χ0v) is 9.80. The summed E-state index contributed by atoms with van der Waals surface area (Å²) in [7, 11) is 1.35. The molecule has 0 amide bonds. The molecule has 0 aliphatic carbocycles. The Morgan fingerprint density at radius 3 is 2.88 bits per heavy atom. The predicted octanol–water partition coefficient (Wildman–Crippen LogP) is 1.62. The van der Waals surface area contributed by atoms with Gasteiger partial charge in [-0.2, -0.15) is 0 Å². The smallest absolute Gasteiger partial charge is 0.308 e. The van der Waals surface area contributed by atoms with Crippen molar-refractivity contribution in [1.82, 2.24) is 4.98 Å². The van der Waals surface area contributed by atoms with Gasteiger partial charge in [-0.05, 0) is 25.0 Å². The van der Waals surface area contributed by atoms with Gasteiger partial charge in [-0.3, -0.25) is 9.78 Å². The van der Waals surface area contributed by atoms with Crippen molar-refractivity contribution < 1.29 is 14.6 Å². The van der Waals surface area contributed by atoms with E-state index in [9.17, 15) is 9.90 Å². The second-order valence-electron chi connectivity index (χ2n) is 3.91. The number of ether oxygens (including phenoxy) is 1. The van der Waals surface area contributed by atoms with Gasteiger partial charge in [0.25, 0.3) is 0 Å². The molecule has 0 bridgehead atoms. The molecule has 0 radical (unpaired) electrons. The van der Waals surface area contributed by atoms with Gasteiger partial charge in [0.05, 0.1) is 19.1 Å². The van der Waals surface area contributed by atoms with Crippen molar-refractivity contribution in [2.75, 3.05) is 7.11 Å². The lowest BCUT2D eigenvalue weighted by molar-refractivity contribution is -0.145. The summed E-state index contributed by atoms with van der Waals surface area (Å²) < 4.78 is 4.61. The molecule has 0 aliphatic rings. The average Bonchev–Trinajstić information content (AvgIpc) is 2.28. The normalized spacial score (nSPS) is 14.2. The van der Waals surface area contributed by atoms with Crippen molar-refractivity contribution in [1.29, 1.82) is 0 Å². The standard InChI is InChI=1S/C12H17NO3/c1-8-4-5-13-7-10(8)11(14)6-9(2)12(15)16-3/h4-5,7,9,11,14H,6H2,1-3H3. The van der Waals surface area contributed by atoms with Crippen LogP contribution < -0.4 is 0 Å². The van der Waals surface area contributed by atoms with Crippen LogP contribution in [-0.2, 0) is 9.53 Å². The number of pyridine rings is 1. The molecule has 4 heteroatoms. The van der Waals surface area contributed by atoms with Crippen molar-refractivity contribution >= 4 is 5.97 Å². The van der Waals surface area contributed by atoms with E-state index in [1.54, 1.807) is 19.3 Å². The molecule has 4 nitrogen and oxygen atoms in total. The van der Waals surface area contributed by atoms with E-state index >= 15 is 0 Å². The van der Waals surface area contributed by atoms with E-state index in [0.717, 1.165) is 11.1 Å². The van der Waals surface area contributed by atoms with Crippen LogP contribution in [0.5, 0.6) is 0 Å². The van der Waals surface area contributed by atoms with E-state index in [1.807, 2.05) is 13.0 Å². The second-order valence-corrected chi connectivity index (χ2v) is 3.91. The molecule has 1 aromatic heterocycles. The first kappa shape index (κ1) is 12.6. The number of nitrogens with zero attached hydrogens (tertiary/aromatic N) is 1. The molecule has 0 saturated heterocycles. The Morgan fingerprint density at radius 1 is 1.62 bits per heavy atom. The largest absolute Gasteiger partial charge is 0.469 e. The van der Waals surface area contributed by atoms with Crippen LogP contribution in [0.1, 0.15) is 30.6 Å². The van der Waals surface area contributed by atoms with Crippen LogP contribution in [0.25, 0.3) is 0 Å². The van der Waals surface area contributed by atoms with Crippen LogP contribution in [0.4, 0.5) is 0 Å². The van der Waals surface area contributed by atoms with Crippen molar-refractivity contribution in [3.8, 4) is 0 Å². The number of methoxy groups -OCH3 is 1. The maximum atomic E-state index is 11.2. The number of hydrogen-bond acceptors (Lipinski definition) is 4. The van der Waals surface area contributed by atoms with Gasteiger partial charge in [-0.15, -0.1) is 0 Å². The molecular weight excluding hydrogens is 206 g/mol. The van der Waals surface area contributed by atoms with Gasteiger partial charge in [0, 0.05) is 18.0 Å². The fraction of sp³-hybridized carbons (Fsp3) is 0.500. The molecule has 0 saturated carbocycles.